The van der Waals surface area contributed by atoms with Gasteiger partial charge in [0.15, 0.2) is 22.2 Å². The fourth-order valence-electron chi connectivity index (χ4n) is 1.07. The van der Waals surface area contributed by atoms with Crippen LogP contribution in [0, 0.1) is 0 Å². The Hall–Kier alpha value is -0.960. The molecule has 16 heavy (non-hydrogen) atoms. The molecule has 0 fully saturated rings. The van der Waals surface area contributed by atoms with Crippen LogP contribution in [-0.2, 0) is 22.2 Å². The van der Waals surface area contributed by atoms with E-state index in [2.05, 4.69) is 10.6 Å². The fourth-order valence-corrected chi connectivity index (χ4v) is 1.63. The van der Waals surface area contributed by atoms with Crippen LogP contribution in [-0.4, -0.2) is 29.3 Å². The molecular formula is C8H12N2O4S2. The van der Waals surface area contributed by atoms with Crippen LogP contribution in [0.3, 0.4) is 0 Å². The van der Waals surface area contributed by atoms with Gasteiger partial charge in [0.1, 0.15) is 11.8 Å². The molecule has 4 N–H and O–H groups in total. The van der Waals surface area contributed by atoms with Crippen LogP contribution in [0.4, 0.5) is 11.4 Å². The van der Waals surface area contributed by atoms with E-state index in [1.54, 1.807) is 24.3 Å². The molecule has 0 saturated heterocycles. The van der Waals surface area contributed by atoms with Gasteiger partial charge in [0.2, 0.25) is 0 Å². The molecule has 1 rings (SSSR count). The van der Waals surface area contributed by atoms with E-state index in [4.69, 9.17) is 9.11 Å². The second kappa shape index (κ2) is 6.59. The molecule has 0 radical (unpaired) electrons. The molecule has 0 spiro atoms. The molecular weight excluding hydrogens is 252 g/mol. The van der Waals surface area contributed by atoms with Gasteiger partial charge in [0, 0.05) is 0 Å². The Bertz CT molecular complexity index is 362. The molecule has 0 aromatic heterocycles. The van der Waals surface area contributed by atoms with Crippen LogP contribution in [0.5, 0.6) is 0 Å². The summed E-state index contributed by atoms with van der Waals surface area (Å²) in [5, 5.41) is 5.49. The third kappa shape index (κ3) is 4.71. The predicted octanol–water partition coefficient (Wildman–Crippen LogP) is 0.869. The molecule has 0 aliphatic heterocycles. The van der Waals surface area contributed by atoms with Crippen molar-refractivity contribution in [2.45, 2.75) is 0 Å². The maximum atomic E-state index is 10.5. The molecule has 0 heterocycles. The number of benzene rings is 1. The van der Waals surface area contributed by atoms with Crippen LogP contribution in [0.15, 0.2) is 24.3 Å². The van der Waals surface area contributed by atoms with E-state index in [9.17, 15) is 8.42 Å². The zero-order chi connectivity index (χ0) is 12.0. The standard InChI is InChI=1S/C8H12N2O4S2/c11-15(12)5-9-7-3-1-2-4-8(7)10-6-16(13)14/h1-4,9-10H,5-6H2,(H,11,12)(H,13,14). The summed E-state index contributed by atoms with van der Waals surface area (Å²) in [6.07, 6.45) is 0. The molecule has 0 aliphatic carbocycles. The van der Waals surface area contributed by atoms with E-state index in [1.807, 2.05) is 0 Å². The molecule has 0 aliphatic rings. The van der Waals surface area contributed by atoms with E-state index in [-0.39, 0.29) is 11.8 Å². The summed E-state index contributed by atoms with van der Waals surface area (Å²) in [5.74, 6) is -0.193. The number of nitrogens with one attached hydrogen (secondary N) is 2. The Morgan fingerprint density at radius 2 is 1.31 bits per heavy atom. The summed E-state index contributed by atoms with van der Waals surface area (Å²) in [7, 11) is 0. The Morgan fingerprint density at radius 1 is 0.938 bits per heavy atom. The number of hydrogen-bond acceptors (Lipinski definition) is 4. The highest BCUT2D eigenvalue weighted by molar-refractivity contribution is 7.79. The van der Waals surface area contributed by atoms with E-state index in [0.717, 1.165) is 0 Å². The highest BCUT2D eigenvalue weighted by atomic mass is 32.2. The largest absolute Gasteiger partial charge is 0.370 e. The van der Waals surface area contributed by atoms with Crippen molar-refractivity contribution in [3.8, 4) is 0 Å². The fraction of sp³-hybridized carbons (Fsp3) is 0.250. The highest BCUT2D eigenvalue weighted by Gasteiger charge is 2.02. The first-order valence-corrected chi connectivity index (χ1v) is 6.86. The minimum Gasteiger partial charge on any atom is -0.370 e. The summed E-state index contributed by atoms with van der Waals surface area (Å²) in [6, 6.07) is 6.92. The quantitative estimate of drug-likeness (QED) is 0.569. The lowest BCUT2D eigenvalue weighted by Gasteiger charge is -2.11. The average molecular weight is 264 g/mol. The molecule has 90 valence electrons. The van der Waals surface area contributed by atoms with Crippen LogP contribution in [0.1, 0.15) is 0 Å². The molecule has 0 amide bonds. The lowest BCUT2D eigenvalue weighted by atomic mass is 10.3. The van der Waals surface area contributed by atoms with Crippen molar-refractivity contribution in [1.29, 1.82) is 0 Å². The van der Waals surface area contributed by atoms with Gasteiger partial charge >= 0.3 is 0 Å². The summed E-state index contributed by atoms with van der Waals surface area (Å²) in [4.78, 5) is 0. The summed E-state index contributed by atoms with van der Waals surface area (Å²) in [5.41, 5.74) is 1.21. The van der Waals surface area contributed by atoms with Crippen molar-refractivity contribution >= 4 is 33.5 Å². The van der Waals surface area contributed by atoms with Gasteiger partial charge in [-0.1, -0.05) is 12.1 Å². The topological polar surface area (TPSA) is 98.7 Å². The van der Waals surface area contributed by atoms with Gasteiger partial charge in [-0.25, -0.2) is 8.42 Å². The second-order valence-corrected chi connectivity index (χ2v) is 4.69. The average Bonchev–Trinajstić information content (AvgIpc) is 2.24. The highest BCUT2D eigenvalue weighted by Crippen LogP contribution is 2.20. The van der Waals surface area contributed by atoms with Gasteiger partial charge in [0.25, 0.3) is 0 Å². The Balaban J connectivity index is 2.67. The van der Waals surface area contributed by atoms with Crippen molar-refractivity contribution in [2.24, 2.45) is 0 Å². The van der Waals surface area contributed by atoms with Gasteiger partial charge in [-0.05, 0) is 12.1 Å². The Kier molecular flexibility index (Phi) is 5.39. The third-order valence-corrected chi connectivity index (χ3v) is 2.48. The first-order chi connectivity index (χ1) is 7.59. The SMILES string of the molecule is O=S(O)CNc1ccccc1NCS(=O)O. The predicted molar refractivity (Wildman–Crippen MR) is 65.0 cm³/mol. The van der Waals surface area contributed by atoms with Gasteiger partial charge in [-0.3, -0.25) is 0 Å². The monoisotopic (exact) mass is 264 g/mol. The maximum Gasteiger partial charge on any atom is 0.172 e. The third-order valence-electron chi connectivity index (χ3n) is 1.70. The molecule has 8 heteroatoms. The van der Waals surface area contributed by atoms with Gasteiger partial charge < -0.3 is 19.7 Å². The Morgan fingerprint density at radius 3 is 1.62 bits per heavy atom. The first-order valence-electron chi connectivity index (χ1n) is 4.31. The lowest BCUT2D eigenvalue weighted by Crippen LogP contribution is -2.12. The van der Waals surface area contributed by atoms with Crippen molar-refractivity contribution in [1.82, 2.24) is 0 Å². The Labute approximate surface area is 98.0 Å². The van der Waals surface area contributed by atoms with Crippen LogP contribution in [0.2, 0.25) is 0 Å². The zero-order valence-electron chi connectivity index (χ0n) is 8.25. The normalized spacial score (nSPS) is 14.1. The molecule has 0 saturated carbocycles. The zero-order valence-corrected chi connectivity index (χ0v) is 9.88. The number of hydrogen-bond donors (Lipinski definition) is 4. The molecule has 0 bridgehead atoms. The van der Waals surface area contributed by atoms with Crippen molar-refractivity contribution in [3.63, 3.8) is 0 Å². The van der Waals surface area contributed by atoms with Crippen LogP contribution in [0.25, 0.3) is 0 Å². The second-order valence-electron chi connectivity index (χ2n) is 2.83. The van der Waals surface area contributed by atoms with Gasteiger partial charge in [-0.15, -0.1) is 0 Å². The van der Waals surface area contributed by atoms with Gasteiger partial charge in [-0.2, -0.15) is 0 Å². The van der Waals surface area contributed by atoms with Crippen molar-refractivity contribution in [3.05, 3.63) is 24.3 Å². The van der Waals surface area contributed by atoms with Gasteiger partial charge in [0.05, 0.1) is 11.4 Å². The maximum absolute atomic E-state index is 10.5. The van der Waals surface area contributed by atoms with E-state index < -0.39 is 22.2 Å². The minimum atomic E-state index is -1.94. The smallest absolute Gasteiger partial charge is 0.172 e. The first kappa shape index (κ1) is 13.1. The minimum absolute atomic E-state index is 0.0963. The van der Waals surface area contributed by atoms with E-state index >= 15 is 0 Å². The summed E-state index contributed by atoms with van der Waals surface area (Å²) >= 11 is -3.87. The number of anilines is 2. The molecule has 6 nitrogen and oxygen atoms in total. The lowest BCUT2D eigenvalue weighted by molar-refractivity contribution is 0.564. The number of rotatable bonds is 6. The van der Waals surface area contributed by atoms with E-state index in [0.29, 0.717) is 11.4 Å². The molecule has 2 unspecified atom stereocenters. The summed E-state index contributed by atoms with van der Waals surface area (Å²) in [6.45, 7) is 0. The molecule has 2 atom stereocenters. The van der Waals surface area contributed by atoms with Crippen molar-refractivity contribution in [2.75, 3.05) is 22.4 Å². The van der Waals surface area contributed by atoms with Crippen LogP contribution >= 0.6 is 0 Å². The molecule has 1 aromatic rings. The molecule has 1 aromatic carbocycles. The van der Waals surface area contributed by atoms with Crippen LogP contribution < -0.4 is 10.6 Å². The van der Waals surface area contributed by atoms with Crippen molar-refractivity contribution < 1.29 is 17.5 Å². The number of para-hydroxylation sites is 2. The van der Waals surface area contributed by atoms with E-state index in [1.165, 1.54) is 0 Å². The summed E-state index contributed by atoms with van der Waals surface area (Å²) < 4.78 is 38.2.